The number of hydrogen-bond donors (Lipinski definition) is 1. The molecule has 0 spiro atoms. The summed E-state index contributed by atoms with van der Waals surface area (Å²) in [6.07, 6.45) is 8.36. The summed E-state index contributed by atoms with van der Waals surface area (Å²) in [7, 11) is 1.36. The van der Waals surface area contributed by atoms with Gasteiger partial charge < -0.3 is 14.8 Å². The maximum Gasteiger partial charge on any atom is 0.408 e. The molecule has 36 heavy (non-hydrogen) atoms. The molecule has 6 heteroatoms. The molecular weight excluding hydrogens is 474 g/mol. The molecule has 0 aromatic heterocycles. The molecule has 2 aliphatic rings. The highest BCUT2D eigenvalue weighted by Gasteiger charge is 2.37. The van der Waals surface area contributed by atoms with Crippen LogP contribution < -0.4 is 5.32 Å². The number of esters is 1. The van der Waals surface area contributed by atoms with Crippen molar-refractivity contribution in [3.63, 3.8) is 0 Å². The van der Waals surface area contributed by atoms with Gasteiger partial charge in [-0.05, 0) is 66.0 Å². The van der Waals surface area contributed by atoms with E-state index < -0.39 is 29.6 Å². The fraction of sp³-hybridized carbons (Fsp3) is 0.533. The van der Waals surface area contributed by atoms with E-state index in [0.29, 0.717) is 17.4 Å². The Kier molecular flexibility index (Phi) is 8.61. The number of carbonyl (C=O) groups is 2. The molecule has 2 aliphatic carbocycles. The molecule has 0 radical (unpaired) electrons. The van der Waals surface area contributed by atoms with E-state index in [1.807, 2.05) is 24.3 Å². The van der Waals surface area contributed by atoms with Crippen LogP contribution in [0.5, 0.6) is 0 Å². The Hall–Kier alpha value is -2.53. The Labute approximate surface area is 219 Å². The van der Waals surface area contributed by atoms with E-state index in [1.54, 1.807) is 0 Å². The van der Waals surface area contributed by atoms with E-state index in [-0.39, 0.29) is 0 Å². The van der Waals surface area contributed by atoms with Gasteiger partial charge in [-0.25, -0.2) is 9.59 Å². The number of carbonyl (C=O) groups excluding carboxylic acids is 2. The topological polar surface area (TPSA) is 64.6 Å². The van der Waals surface area contributed by atoms with Crippen LogP contribution in [-0.2, 0) is 32.5 Å². The van der Waals surface area contributed by atoms with Crippen LogP contribution in [0.25, 0.3) is 0 Å². The molecule has 1 saturated carbocycles. The van der Waals surface area contributed by atoms with Gasteiger partial charge in [-0.1, -0.05) is 87.9 Å². The van der Waals surface area contributed by atoms with Gasteiger partial charge in [0.1, 0.15) is 12.1 Å². The summed E-state index contributed by atoms with van der Waals surface area (Å²) in [6, 6.07) is 13.3. The summed E-state index contributed by atoms with van der Waals surface area (Å²) in [5, 5.41) is 3.48. The van der Waals surface area contributed by atoms with E-state index in [2.05, 4.69) is 37.4 Å². The number of halogens is 1. The summed E-state index contributed by atoms with van der Waals surface area (Å²) >= 11 is 6.32. The van der Waals surface area contributed by atoms with Crippen LogP contribution in [0.4, 0.5) is 4.79 Å². The summed E-state index contributed by atoms with van der Waals surface area (Å²) in [5.74, 6) is -0.0285. The molecule has 0 heterocycles. The number of amides is 1. The minimum Gasteiger partial charge on any atom is -0.467 e. The molecule has 2 aromatic rings. The second-order valence-corrected chi connectivity index (χ2v) is 11.3. The van der Waals surface area contributed by atoms with E-state index in [0.717, 1.165) is 56.1 Å². The third kappa shape index (κ3) is 6.23. The highest BCUT2D eigenvalue weighted by Crippen LogP contribution is 2.41. The molecule has 1 fully saturated rings. The predicted molar refractivity (Wildman–Crippen MR) is 142 cm³/mol. The summed E-state index contributed by atoms with van der Waals surface area (Å²) in [4.78, 5) is 25.9. The number of aryl methyl sites for hydroxylation is 2. The Morgan fingerprint density at radius 1 is 1.03 bits per heavy atom. The number of methoxy groups -OCH3 is 1. The van der Waals surface area contributed by atoms with Crippen molar-refractivity contribution < 1.29 is 19.1 Å². The first-order valence-corrected chi connectivity index (χ1v) is 13.6. The van der Waals surface area contributed by atoms with Gasteiger partial charge in [-0.2, -0.15) is 0 Å². The van der Waals surface area contributed by atoms with Crippen molar-refractivity contribution in [1.82, 2.24) is 5.32 Å². The number of alkyl carbamates (subject to hydrolysis) is 1. The van der Waals surface area contributed by atoms with Gasteiger partial charge in [0, 0.05) is 10.4 Å². The van der Waals surface area contributed by atoms with Crippen molar-refractivity contribution in [3.05, 3.63) is 69.7 Å². The lowest BCUT2D eigenvalue weighted by Crippen LogP contribution is -2.44. The smallest absolute Gasteiger partial charge is 0.408 e. The van der Waals surface area contributed by atoms with Gasteiger partial charge in [-0.3, -0.25) is 0 Å². The monoisotopic (exact) mass is 511 g/mol. The lowest BCUT2D eigenvalue weighted by molar-refractivity contribution is -0.143. The molecule has 1 N–H and O–H groups in total. The van der Waals surface area contributed by atoms with Crippen LogP contribution in [0.1, 0.15) is 87.2 Å². The summed E-state index contributed by atoms with van der Waals surface area (Å²) < 4.78 is 11.2. The third-order valence-electron chi connectivity index (χ3n) is 7.95. The number of nitrogens with one attached hydrogen (secondary N) is 1. The quantitative estimate of drug-likeness (QED) is 0.384. The van der Waals surface area contributed by atoms with E-state index in [9.17, 15) is 9.59 Å². The maximum atomic E-state index is 13.3. The summed E-state index contributed by atoms with van der Waals surface area (Å²) in [5.41, 5.74) is 4.02. The maximum absolute atomic E-state index is 13.3. The number of hydrogen-bond acceptors (Lipinski definition) is 4. The minimum absolute atomic E-state index is 0.401. The zero-order valence-electron chi connectivity index (χ0n) is 21.6. The van der Waals surface area contributed by atoms with Gasteiger partial charge in [0.05, 0.1) is 7.11 Å². The predicted octanol–water partition coefficient (Wildman–Crippen LogP) is 7.09. The highest BCUT2D eigenvalue weighted by atomic mass is 35.5. The molecule has 0 bridgehead atoms. The van der Waals surface area contributed by atoms with Crippen LogP contribution in [0.2, 0.25) is 5.02 Å². The molecule has 0 unspecified atom stereocenters. The largest absolute Gasteiger partial charge is 0.467 e. The lowest BCUT2D eigenvalue weighted by Gasteiger charge is -2.35. The molecule has 0 aliphatic heterocycles. The van der Waals surface area contributed by atoms with Gasteiger partial charge >= 0.3 is 12.1 Å². The van der Waals surface area contributed by atoms with Crippen molar-refractivity contribution >= 4 is 23.7 Å². The van der Waals surface area contributed by atoms with Crippen molar-refractivity contribution in [2.45, 2.75) is 89.2 Å². The van der Waals surface area contributed by atoms with Crippen LogP contribution in [0.15, 0.2) is 42.5 Å². The first-order chi connectivity index (χ1) is 17.3. The van der Waals surface area contributed by atoms with Crippen LogP contribution in [0, 0.1) is 5.92 Å². The first-order valence-electron chi connectivity index (χ1n) is 13.2. The second kappa shape index (κ2) is 11.7. The summed E-state index contributed by atoms with van der Waals surface area (Å²) in [6.45, 7) is 4.12. The molecule has 1 amide bonds. The van der Waals surface area contributed by atoms with Gasteiger partial charge in [-0.15, -0.1) is 0 Å². The number of ether oxygens (including phenoxy) is 2. The highest BCUT2D eigenvalue weighted by molar-refractivity contribution is 6.30. The Morgan fingerprint density at radius 2 is 1.78 bits per heavy atom. The fourth-order valence-corrected chi connectivity index (χ4v) is 6.01. The van der Waals surface area contributed by atoms with E-state index in [1.165, 1.54) is 24.7 Å². The zero-order valence-corrected chi connectivity index (χ0v) is 22.4. The number of rotatable bonds is 8. The standard InChI is InChI=1S/C30H38ClNO4/c1-30(2,24-13-8-14-25(31)19-24)27(23-16-15-21-11-7-12-22(21)18-23)36-29(34)32-26(28(33)35-3)17-20-9-5-4-6-10-20/h8,13-16,18-20,26-27H,4-7,9-12,17H2,1-3H3,(H,32,34)/t26-,27-/m0/s1. The van der Waals surface area contributed by atoms with E-state index >= 15 is 0 Å². The van der Waals surface area contributed by atoms with Crippen molar-refractivity contribution in [2.75, 3.05) is 7.11 Å². The fourth-order valence-electron chi connectivity index (χ4n) is 5.82. The average molecular weight is 512 g/mol. The third-order valence-corrected chi connectivity index (χ3v) is 8.18. The average Bonchev–Trinajstić information content (AvgIpc) is 3.35. The molecule has 2 atom stereocenters. The molecule has 2 aromatic carbocycles. The van der Waals surface area contributed by atoms with Crippen molar-refractivity contribution in [2.24, 2.45) is 5.92 Å². The van der Waals surface area contributed by atoms with Gasteiger partial charge in [0.25, 0.3) is 0 Å². The van der Waals surface area contributed by atoms with Gasteiger partial charge in [0.2, 0.25) is 0 Å². The van der Waals surface area contributed by atoms with Crippen LogP contribution in [-0.4, -0.2) is 25.2 Å². The molecule has 0 saturated heterocycles. The van der Waals surface area contributed by atoms with E-state index in [4.69, 9.17) is 21.1 Å². The minimum atomic E-state index is -0.722. The van der Waals surface area contributed by atoms with Crippen LogP contribution in [0.3, 0.4) is 0 Å². The second-order valence-electron chi connectivity index (χ2n) is 10.9. The van der Waals surface area contributed by atoms with Crippen molar-refractivity contribution in [1.29, 1.82) is 0 Å². The zero-order chi connectivity index (χ0) is 25.7. The molecular formula is C30H38ClNO4. The SMILES string of the molecule is COC(=O)[C@H](CC1CCCCC1)NC(=O)O[C@@H](c1ccc2c(c1)CCC2)C(C)(C)c1cccc(Cl)c1. The number of fused-ring (bicyclic) bond motifs is 1. The Bertz CT molecular complexity index is 1080. The Morgan fingerprint density at radius 3 is 2.50 bits per heavy atom. The molecule has 5 nitrogen and oxygen atoms in total. The van der Waals surface area contributed by atoms with Gasteiger partial charge in [0.15, 0.2) is 0 Å². The molecule has 4 rings (SSSR count). The molecule has 194 valence electrons. The van der Waals surface area contributed by atoms with Crippen LogP contribution >= 0.6 is 11.6 Å². The first kappa shape index (κ1) is 26.5. The number of benzene rings is 2. The normalized spacial score (nSPS) is 17.7. The lowest BCUT2D eigenvalue weighted by atomic mass is 9.76. The van der Waals surface area contributed by atoms with Crippen molar-refractivity contribution in [3.8, 4) is 0 Å². The Balaban J connectivity index is 1.59.